The number of fused-ring (bicyclic) bond motifs is 9. The van der Waals surface area contributed by atoms with E-state index < -0.39 is 6.04 Å². The van der Waals surface area contributed by atoms with Crippen molar-refractivity contribution in [2.45, 2.75) is 0 Å². The predicted molar refractivity (Wildman–Crippen MR) is 239 cm³/mol. The lowest BCUT2D eigenvalue weighted by Crippen LogP contribution is -1.94. The fourth-order valence-corrected chi connectivity index (χ4v) is 8.86. The van der Waals surface area contributed by atoms with Crippen molar-refractivity contribution in [1.29, 1.82) is 0 Å². The maximum Gasteiger partial charge on any atom is 0.137 e. The Morgan fingerprint density at radius 1 is 0.351 bits per heavy atom. The summed E-state index contributed by atoms with van der Waals surface area (Å²) in [6.07, 6.45) is 0. The molecule has 0 unspecified atom stereocenters. The molecule has 12 aromatic rings. The molecule has 3 heteroatoms. The molecule has 0 N–H and O–H groups in total. The maximum absolute atomic E-state index is 8.69. The average Bonchev–Trinajstić information content (AvgIpc) is 3.98. The topological polar surface area (TPSA) is 23.0 Å². The molecule has 57 heavy (non-hydrogen) atoms. The summed E-state index contributed by atoms with van der Waals surface area (Å²) in [5, 5.41) is 6.17. The van der Waals surface area contributed by atoms with Crippen LogP contribution in [0.4, 0.5) is 0 Å². The number of rotatable bonds is 5. The molecule has 3 heterocycles. The van der Waals surface area contributed by atoms with E-state index in [1.807, 2.05) is 24.3 Å². The molecule has 0 fully saturated rings. The third-order valence-corrected chi connectivity index (χ3v) is 11.4. The van der Waals surface area contributed by atoms with E-state index in [2.05, 4.69) is 149 Å². The molecule has 0 bridgehead atoms. The number of hydrogen-bond acceptors (Lipinski definition) is 1. The molecule has 266 valence electrons. The van der Waals surface area contributed by atoms with Crippen LogP contribution in [0.15, 0.2) is 211 Å². The fourth-order valence-electron chi connectivity index (χ4n) is 8.86. The Balaban J connectivity index is 0.986. The molecule has 0 saturated carbocycles. The molecule has 0 aliphatic rings. The van der Waals surface area contributed by atoms with Crippen molar-refractivity contribution in [3.05, 3.63) is 206 Å². The lowest BCUT2D eigenvalue weighted by Gasteiger charge is -2.11. The van der Waals surface area contributed by atoms with Gasteiger partial charge in [0.15, 0.2) is 0 Å². The highest BCUT2D eigenvalue weighted by atomic mass is 16.3. The van der Waals surface area contributed by atoms with Crippen LogP contribution in [0.2, 0.25) is 0 Å². The first-order valence-electron chi connectivity index (χ1n) is 21.6. The summed E-state index contributed by atoms with van der Waals surface area (Å²) in [6, 6.07) is 59.8. The summed E-state index contributed by atoms with van der Waals surface area (Å²) >= 11 is 0. The van der Waals surface area contributed by atoms with E-state index in [1.165, 1.54) is 21.9 Å². The van der Waals surface area contributed by atoms with Crippen molar-refractivity contribution in [1.82, 2.24) is 9.13 Å². The number of aromatic nitrogens is 2. The molecule has 12 rings (SSSR count). The molecule has 0 aliphatic heterocycles. The summed E-state index contributed by atoms with van der Waals surface area (Å²) in [6.45, 7) is 0. The Kier molecular flexibility index (Phi) is 5.91. The molecule has 0 saturated heterocycles. The van der Waals surface area contributed by atoms with Crippen molar-refractivity contribution in [2.24, 2.45) is 0 Å². The number of furan rings is 1. The maximum atomic E-state index is 8.69. The summed E-state index contributed by atoms with van der Waals surface area (Å²) < 4.78 is 53.2. The normalized spacial score (nSPS) is 13.1. The first kappa shape index (κ1) is 27.0. The molecule has 3 aromatic heterocycles. The second kappa shape index (κ2) is 12.5. The van der Waals surface area contributed by atoms with Gasteiger partial charge in [-0.1, -0.05) is 133 Å². The third-order valence-electron chi connectivity index (χ3n) is 11.4. The second-order valence-corrected chi connectivity index (χ2v) is 14.5. The molecule has 3 nitrogen and oxygen atoms in total. The zero-order valence-corrected chi connectivity index (χ0v) is 30.5. The smallest absolute Gasteiger partial charge is 0.137 e. The van der Waals surface area contributed by atoms with Crippen LogP contribution >= 0.6 is 0 Å². The molecular formula is C54H34N2O. The molecule has 0 spiro atoms. The summed E-state index contributed by atoms with van der Waals surface area (Å²) in [4.78, 5) is 0. The Morgan fingerprint density at radius 2 is 0.930 bits per heavy atom. The quantitative estimate of drug-likeness (QED) is 0.173. The Bertz CT molecular complexity index is 3790. The highest BCUT2D eigenvalue weighted by molar-refractivity contribution is 6.15. The van der Waals surface area contributed by atoms with Crippen molar-refractivity contribution >= 4 is 65.6 Å². The van der Waals surface area contributed by atoms with Gasteiger partial charge in [-0.15, -0.1) is 0 Å². The number of nitrogens with zero attached hydrogens (tertiary/aromatic N) is 2. The summed E-state index contributed by atoms with van der Waals surface area (Å²) in [7, 11) is 0. The predicted octanol–water partition coefficient (Wildman–Crippen LogP) is 14.8. The Morgan fingerprint density at radius 3 is 1.63 bits per heavy atom. The number of benzene rings is 9. The van der Waals surface area contributed by atoms with Gasteiger partial charge >= 0.3 is 0 Å². The van der Waals surface area contributed by atoms with Gasteiger partial charge in [-0.3, -0.25) is 0 Å². The van der Waals surface area contributed by atoms with Gasteiger partial charge in [0.2, 0.25) is 0 Å². The highest BCUT2D eigenvalue weighted by Crippen LogP contribution is 2.41. The van der Waals surface area contributed by atoms with E-state index in [1.54, 1.807) is 12.1 Å². The lowest BCUT2D eigenvalue weighted by atomic mass is 9.99. The van der Waals surface area contributed by atoms with Crippen LogP contribution in [0.5, 0.6) is 0 Å². The molecule has 9 aromatic carbocycles. The molecule has 0 atom stereocenters. The van der Waals surface area contributed by atoms with Crippen molar-refractivity contribution < 1.29 is 11.3 Å². The van der Waals surface area contributed by atoms with Crippen molar-refractivity contribution in [2.75, 3.05) is 0 Å². The van der Waals surface area contributed by atoms with Gasteiger partial charge in [-0.25, -0.2) is 0 Å². The summed E-state index contributed by atoms with van der Waals surface area (Å²) in [5.74, 6) is 0. The molecule has 0 aliphatic carbocycles. The van der Waals surface area contributed by atoms with E-state index in [0.717, 1.165) is 60.7 Å². The van der Waals surface area contributed by atoms with Crippen molar-refractivity contribution in [3.63, 3.8) is 0 Å². The summed E-state index contributed by atoms with van der Waals surface area (Å²) in [5.41, 5.74) is 13.0. The highest BCUT2D eigenvalue weighted by Gasteiger charge is 2.18. The van der Waals surface area contributed by atoms with Crippen molar-refractivity contribution in [3.8, 4) is 44.8 Å². The molecular weight excluding hydrogens is 693 g/mol. The standard InChI is InChI=1S/C54H34N2O/c1-3-13-35(14-4-1)37-17-11-18-40(31-37)55-48-22-9-7-19-43(48)46-32-38(25-29-50(46)55)39-26-30-51-47(33-39)44-20-8-10-23-49(44)56(51)41-27-28-45-53(34-41)57-52-24-12-21-42(54(45)52)36-15-5-2-6-16-36/h1-34H/i2D,5D,6D,15D,16D. The average molecular weight is 732 g/mol. The van der Waals surface area contributed by atoms with Gasteiger partial charge in [-0.2, -0.15) is 0 Å². The van der Waals surface area contributed by atoms with Gasteiger partial charge in [-0.05, 0) is 100 Å². The van der Waals surface area contributed by atoms with Gasteiger partial charge in [0.1, 0.15) is 11.2 Å². The fraction of sp³-hybridized carbons (Fsp3) is 0. The van der Waals surface area contributed by atoms with Crippen LogP contribution < -0.4 is 0 Å². The molecule has 0 amide bonds. The Hall–Kier alpha value is -7.62. The molecule has 0 radical (unpaired) electrons. The minimum atomic E-state index is -0.415. The second-order valence-electron chi connectivity index (χ2n) is 14.5. The van der Waals surface area contributed by atoms with Gasteiger partial charge in [0.25, 0.3) is 0 Å². The lowest BCUT2D eigenvalue weighted by molar-refractivity contribution is 0.668. The van der Waals surface area contributed by atoms with E-state index in [4.69, 9.17) is 11.3 Å². The van der Waals surface area contributed by atoms with E-state index >= 15 is 0 Å². The Labute approximate surface area is 335 Å². The largest absolute Gasteiger partial charge is 0.456 e. The van der Waals surface area contributed by atoms with Crippen LogP contribution in [0.3, 0.4) is 0 Å². The third kappa shape index (κ3) is 4.92. The number of para-hydroxylation sites is 2. The van der Waals surface area contributed by atoms with E-state index in [-0.39, 0.29) is 29.7 Å². The minimum Gasteiger partial charge on any atom is -0.456 e. The minimum absolute atomic E-state index is 0.158. The van der Waals surface area contributed by atoms with Crippen LogP contribution in [-0.2, 0) is 0 Å². The van der Waals surface area contributed by atoms with E-state index in [9.17, 15) is 0 Å². The zero-order chi connectivity index (χ0) is 41.8. The first-order valence-corrected chi connectivity index (χ1v) is 19.1. The van der Waals surface area contributed by atoms with Crippen LogP contribution in [-0.4, -0.2) is 9.13 Å². The van der Waals surface area contributed by atoms with Gasteiger partial charge in [0, 0.05) is 49.8 Å². The SMILES string of the molecule is [2H]c1c([2H])c([2H])c(-c2cccc3oc4cc(-n5c6ccccc6c6cc(-c7ccc8c(c7)c7ccccc7n8-c7cccc(-c8ccccc8)c7)ccc65)ccc4c23)c([2H])c1[2H]. The monoisotopic (exact) mass is 731 g/mol. The van der Waals surface area contributed by atoms with E-state index in [0.29, 0.717) is 22.1 Å². The van der Waals surface area contributed by atoms with Crippen LogP contribution in [0.1, 0.15) is 6.85 Å². The number of hydrogen-bond donors (Lipinski definition) is 0. The van der Waals surface area contributed by atoms with Gasteiger partial charge < -0.3 is 13.6 Å². The van der Waals surface area contributed by atoms with Crippen LogP contribution in [0, 0.1) is 0 Å². The zero-order valence-electron chi connectivity index (χ0n) is 35.5. The van der Waals surface area contributed by atoms with Gasteiger partial charge in [0.05, 0.1) is 28.9 Å². The van der Waals surface area contributed by atoms with Crippen LogP contribution in [0.25, 0.3) is 110 Å². The first-order chi connectivity index (χ1) is 30.3.